The second-order valence-electron chi connectivity index (χ2n) is 3.39. The van der Waals surface area contributed by atoms with Crippen LogP contribution >= 0.6 is 0 Å². The molecule has 0 atom stereocenters. The molecule has 2 aromatic rings. The lowest BCUT2D eigenvalue weighted by atomic mass is 10.2. The second-order valence-corrected chi connectivity index (χ2v) is 3.39. The Balaban J connectivity index is 2.12. The first kappa shape index (κ1) is 8.86. The highest BCUT2D eigenvalue weighted by molar-refractivity contribution is 5.82. The van der Waals surface area contributed by atoms with E-state index < -0.39 is 0 Å². The Morgan fingerprint density at radius 1 is 1.25 bits per heavy atom. The molecule has 0 unspecified atom stereocenters. The Labute approximate surface area is 91.3 Å². The van der Waals surface area contributed by atoms with E-state index in [0.717, 1.165) is 11.0 Å². The number of ether oxygens (including phenoxy) is 2. The molecule has 4 heteroatoms. The van der Waals surface area contributed by atoms with E-state index in [-0.39, 0.29) is 6.79 Å². The summed E-state index contributed by atoms with van der Waals surface area (Å²) in [5.41, 5.74) is 1.34. The zero-order chi connectivity index (χ0) is 11.0. The highest BCUT2D eigenvalue weighted by atomic mass is 16.7. The maximum atomic E-state index is 8.78. The zero-order valence-electron chi connectivity index (χ0n) is 8.27. The summed E-state index contributed by atoms with van der Waals surface area (Å²) in [6.45, 7) is 0.218. The van der Waals surface area contributed by atoms with Crippen LogP contribution in [-0.2, 0) is 9.47 Å². The molecule has 78 valence electrons. The number of rotatable bonds is 1. The molecule has 0 saturated heterocycles. The quantitative estimate of drug-likeness (QED) is 0.730. The standard InChI is InChI=1S/C12H7NO3/c13-5-8-1-2-10-9(3-8)4-11(16-10)12-6-14-7-15-12/h1-4,6H,7H2. The minimum Gasteiger partial charge on any atom is -0.461 e. The number of hydrogen-bond donors (Lipinski definition) is 0. The predicted octanol–water partition coefficient (Wildman–Crippen LogP) is 2.61. The molecule has 0 N–H and O–H groups in total. The van der Waals surface area contributed by atoms with Gasteiger partial charge in [0.05, 0.1) is 11.6 Å². The third-order valence-electron chi connectivity index (χ3n) is 2.36. The summed E-state index contributed by atoms with van der Waals surface area (Å²) < 4.78 is 15.7. The van der Waals surface area contributed by atoms with Crippen LogP contribution in [0.2, 0.25) is 0 Å². The van der Waals surface area contributed by atoms with Gasteiger partial charge in [0.25, 0.3) is 0 Å². The van der Waals surface area contributed by atoms with Gasteiger partial charge in [-0.2, -0.15) is 5.26 Å². The lowest BCUT2D eigenvalue weighted by Gasteiger charge is -1.93. The number of fused-ring (bicyclic) bond motifs is 1. The highest BCUT2D eigenvalue weighted by Crippen LogP contribution is 2.27. The van der Waals surface area contributed by atoms with Gasteiger partial charge in [-0.3, -0.25) is 0 Å². The third-order valence-corrected chi connectivity index (χ3v) is 2.36. The molecular weight excluding hydrogens is 206 g/mol. The van der Waals surface area contributed by atoms with Crippen molar-refractivity contribution in [2.75, 3.05) is 6.79 Å². The molecule has 16 heavy (non-hydrogen) atoms. The van der Waals surface area contributed by atoms with Crippen molar-refractivity contribution >= 4 is 16.7 Å². The highest BCUT2D eigenvalue weighted by Gasteiger charge is 2.14. The van der Waals surface area contributed by atoms with E-state index >= 15 is 0 Å². The van der Waals surface area contributed by atoms with Crippen molar-refractivity contribution in [3.05, 3.63) is 41.9 Å². The Hall–Kier alpha value is -2.41. The van der Waals surface area contributed by atoms with E-state index in [2.05, 4.69) is 6.07 Å². The summed E-state index contributed by atoms with van der Waals surface area (Å²) in [4.78, 5) is 0. The second kappa shape index (κ2) is 3.31. The molecule has 1 aliphatic heterocycles. The van der Waals surface area contributed by atoms with Crippen molar-refractivity contribution < 1.29 is 13.9 Å². The Morgan fingerprint density at radius 3 is 2.94 bits per heavy atom. The minimum atomic E-state index is 0.218. The SMILES string of the molecule is N#Cc1ccc2oc(C3=COCO3)cc2c1. The number of nitrogens with zero attached hydrogens (tertiary/aromatic N) is 1. The van der Waals surface area contributed by atoms with E-state index in [1.807, 2.05) is 6.07 Å². The monoisotopic (exact) mass is 213 g/mol. The van der Waals surface area contributed by atoms with E-state index in [1.165, 1.54) is 6.26 Å². The van der Waals surface area contributed by atoms with Gasteiger partial charge in [-0.25, -0.2) is 0 Å². The molecule has 0 saturated carbocycles. The predicted molar refractivity (Wildman–Crippen MR) is 55.9 cm³/mol. The molecule has 2 heterocycles. The summed E-state index contributed by atoms with van der Waals surface area (Å²) in [6, 6.07) is 9.18. The lowest BCUT2D eigenvalue weighted by molar-refractivity contribution is 0.0991. The van der Waals surface area contributed by atoms with Gasteiger partial charge in [-0.15, -0.1) is 0 Å². The van der Waals surface area contributed by atoms with Crippen molar-refractivity contribution in [2.45, 2.75) is 0 Å². The minimum absolute atomic E-state index is 0.218. The first-order valence-corrected chi connectivity index (χ1v) is 4.75. The van der Waals surface area contributed by atoms with Gasteiger partial charge in [0.15, 0.2) is 5.76 Å². The van der Waals surface area contributed by atoms with Crippen LogP contribution in [0.1, 0.15) is 11.3 Å². The van der Waals surface area contributed by atoms with Crippen LogP contribution in [0.5, 0.6) is 0 Å². The van der Waals surface area contributed by atoms with Gasteiger partial charge < -0.3 is 13.9 Å². The molecule has 0 bridgehead atoms. The van der Waals surface area contributed by atoms with Crippen LogP contribution in [-0.4, -0.2) is 6.79 Å². The van der Waals surface area contributed by atoms with Crippen LogP contribution in [0.3, 0.4) is 0 Å². The van der Waals surface area contributed by atoms with E-state index in [4.69, 9.17) is 19.2 Å². The van der Waals surface area contributed by atoms with Gasteiger partial charge in [0, 0.05) is 5.39 Å². The third kappa shape index (κ3) is 1.30. The average molecular weight is 213 g/mol. The molecule has 4 nitrogen and oxygen atoms in total. The van der Waals surface area contributed by atoms with Crippen molar-refractivity contribution in [3.63, 3.8) is 0 Å². The maximum absolute atomic E-state index is 8.78. The van der Waals surface area contributed by atoms with Gasteiger partial charge >= 0.3 is 0 Å². The molecular formula is C12H7NO3. The summed E-state index contributed by atoms with van der Waals surface area (Å²) >= 11 is 0. The molecule has 0 radical (unpaired) electrons. The summed E-state index contributed by atoms with van der Waals surface area (Å²) in [7, 11) is 0. The first-order chi connectivity index (χ1) is 7.86. The fraction of sp³-hybridized carbons (Fsp3) is 0.0833. The topological polar surface area (TPSA) is 55.4 Å². The van der Waals surface area contributed by atoms with Gasteiger partial charge in [0.1, 0.15) is 11.8 Å². The zero-order valence-corrected chi connectivity index (χ0v) is 8.27. The molecule has 0 aliphatic carbocycles. The summed E-state index contributed by atoms with van der Waals surface area (Å²) in [5.74, 6) is 1.19. The van der Waals surface area contributed by atoms with Gasteiger partial charge in [-0.1, -0.05) is 0 Å². The lowest BCUT2D eigenvalue weighted by Crippen LogP contribution is -1.82. The van der Waals surface area contributed by atoms with Crippen LogP contribution in [0.25, 0.3) is 16.7 Å². The maximum Gasteiger partial charge on any atom is 0.230 e. The van der Waals surface area contributed by atoms with Crippen molar-refractivity contribution in [1.29, 1.82) is 5.26 Å². The van der Waals surface area contributed by atoms with E-state index in [0.29, 0.717) is 17.1 Å². The Morgan fingerprint density at radius 2 is 2.19 bits per heavy atom. The molecule has 3 rings (SSSR count). The normalized spacial score (nSPS) is 14.1. The molecule has 1 aromatic heterocycles. The number of benzene rings is 1. The van der Waals surface area contributed by atoms with Gasteiger partial charge in [-0.05, 0) is 24.3 Å². The van der Waals surface area contributed by atoms with Crippen molar-refractivity contribution in [3.8, 4) is 6.07 Å². The van der Waals surface area contributed by atoms with Crippen LogP contribution in [0.4, 0.5) is 0 Å². The molecule has 1 aliphatic rings. The number of nitriles is 1. The fourth-order valence-corrected chi connectivity index (χ4v) is 1.60. The summed E-state index contributed by atoms with van der Waals surface area (Å²) in [5, 5.41) is 9.66. The number of furan rings is 1. The molecule has 1 aromatic carbocycles. The smallest absolute Gasteiger partial charge is 0.230 e. The van der Waals surface area contributed by atoms with Crippen LogP contribution in [0, 0.1) is 11.3 Å². The van der Waals surface area contributed by atoms with Crippen LogP contribution in [0.15, 0.2) is 34.9 Å². The Bertz CT molecular complexity index is 619. The molecule has 0 fully saturated rings. The summed E-state index contributed by atoms with van der Waals surface area (Å²) in [6.07, 6.45) is 1.52. The largest absolute Gasteiger partial charge is 0.461 e. The average Bonchev–Trinajstić information content (AvgIpc) is 2.96. The van der Waals surface area contributed by atoms with Crippen molar-refractivity contribution in [1.82, 2.24) is 0 Å². The number of hydrogen-bond acceptors (Lipinski definition) is 4. The fourth-order valence-electron chi connectivity index (χ4n) is 1.60. The Kier molecular flexibility index (Phi) is 1.84. The molecule has 0 amide bonds. The van der Waals surface area contributed by atoms with E-state index in [1.54, 1.807) is 18.2 Å². The van der Waals surface area contributed by atoms with Gasteiger partial charge in [0.2, 0.25) is 12.6 Å². The van der Waals surface area contributed by atoms with E-state index in [9.17, 15) is 0 Å². The van der Waals surface area contributed by atoms with Crippen molar-refractivity contribution in [2.24, 2.45) is 0 Å². The molecule has 0 spiro atoms. The first-order valence-electron chi connectivity index (χ1n) is 4.75. The van der Waals surface area contributed by atoms with Crippen LogP contribution < -0.4 is 0 Å².